The van der Waals surface area contributed by atoms with Gasteiger partial charge in [0.25, 0.3) is 6.43 Å². The Labute approximate surface area is 83.7 Å². The quantitative estimate of drug-likeness (QED) is 0.730. The number of piperidine rings is 1. The zero-order valence-corrected chi connectivity index (χ0v) is 8.44. The Kier molecular flexibility index (Phi) is 3.02. The highest BCUT2D eigenvalue weighted by atomic mass is 19.3. The van der Waals surface area contributed by atoms with Crippen molar-refractivity contribution >= 4 is 0 Å². The second-order valence-corrected chi connectivity index (χ2v) is 4.62. The van der Waals surface area contributed by atoms with Crippen LogP contribution >= 0.6 is 0 Å². The standard InChI is InChI=1S/C10H18F2N2/c11-9(12)7-14-5-2-10(3-6-14)1-4-13-8-10/h9,13H,1-8H2. The number of hydrogen-bond donors (Lipinski definition) is 1. The van der Waals surface area contributed by atoms with Crippen molar-refractivity contribution in [2.75, 3.05) is 32.7 Å². The van der Waals surface area contributed by atoms with E-state index in [1.54, 1.807) is 0 Å². The fraction of sp³-hybridized carbons (Fsp3) is 1.00. The summed E-state index contributed by atoms with van der Waals surface area (Å²) in [6, 6.07) is 0. The number of alkyl halides is 2. The Morgan fingerprint density at radius 3 is 2.43 bits per heavy atom. The molecule has 2 rings (SSSR count). The lowest BCUT2D eigenvalue weighted by molar-refractivity contribution is 0.0494. The topological polar surface area (TPSA) is 15.3 Å². The predicted molar refractivity (Wildman–Crippen MR) is 51.6 cm³/mol. The number of nitrogens with one attached hydrogen (secondary N) is 1. The Bertz CT molecular complexity index is 181. The van der Waals surface area contributed by atoms with Crippen LogP contribution in [0.1, 0.15) is 19.3 Å². The van der Waals surface area contributed by atoms with Crippen LogP contribution in [0, 0.1) is 5.41 Å². The molecule has 0 radical (unpaired) electrons. The summed E-state index contributed by atoms with van der Waals surface area (Å²) in [4.78, 5) is 1.90. The average Bonchev–Trinajstić information content (AvgIpc) is 2.58. The van der Waals surface area contributed by atoms with Crippen molar-refractivity contribution in [2.24, 2.45) is 5.41 Å². The molecule has 0 aliphatic carbocycles. The molecule has 0 unspecified atom stereocenters. The fourth-order valence-electron chi connectivity index (χ4n) is 2.63. The van der Waals surface area contributed by atoms with Crippen LogP contribution < -0.4 is 5.32 Å². The van der Waals surface area contributed by atoms with Gasteiger partial charge in [-0.1, -0.05) is 0 Å². The lowest BCUT2D eigenvalue weighted by atomic mass is 9.78. The summed E-state index contributed by atoms with van der Waals surface area (Å²) in [5, 5.41) is 3.37. The van der Waals surface area contributed by atoms with E-state index in [9.17, 15) is 8.78 Å². The number of nitrogens with zero attached hydrogens (tertiary/aromatic N) is 1. The van der Waals surface area contributed by atoms with Gasteiger partial charge in [-0.15, -0.1) is 0 Å². The molecule has 2 heterocycles. The Morgan fingerprint density at radius 1 is 1.21 bits per heavy atom. The highest BCUT2D eigenvalue weighted by Crippen LogP contribution is 2.36. The van der Waals surface area contributed by atoms with Crippen LogP contribution in [0.25, 0.3) is 0 Å². The molecule has 0 aromatic carbocycles. The number of hydrogen-bond acceptors (Lipinski definition) is 2. The van der Waals surface area contributed by atoms with Crippen molar-refractivity contribution in [2.45, 2.75) is 25.7 Å². The maximum absolute atomic E-state index is 12.1. The minimum absolute atomic E-state index is 0.0382. The summed E-state index contributed by atoms with van der Waals surface area (Å²) in [6.07, 6.45) is 1.24. The van der Waals surface area contributed by atoms with Crippen LogP contribution in [-0.4, -0.2) is 44.0 Å². The van der Waals surface area contributed by atoms with E-state index in [1.165, 1.54) is 6.42 Å². The van der Waals surface area contributed by atoms with E-state index >= 15 is 0 Å². The monoisotopic (exact) mass is 204 g/mol. The van der Waals surface area contributed by atoms with Gasteiger partial charge in [0.05, 0.1) is 6.54 Å². The molecule has 0 bridgehead atoms. The summed E-state index contributed by atoms with van der Waals surface area (Å²) in [5.74, 6) is 0. The third-order valence-corrected chi connectivity index (χ3v) is 3.65. The van der Waals surface area contributed by atoms with E-state index in [0.717, 1.165) is 39.0 Å². The molecule has 2 aliphatic heterocycles. The third kappa shape index (κ3) is 2.23. The lowest BCUT2D eigenvalue weighted by Gasteiger charge is -2.38. The van der Waals surface area contributed by atoms with E-state index < -0.39 is 6.43 Å². The second kappa shape index (κ2) is 4.11. The Morgan fingerprint density at radius 2 is 1.93 bits per heavy atom. The lowest BCUT2D eigenvalue weighted by Crippen LogP contribution is -2.42. The molecule has 0 aromatic heterocycles. The maximum Gasteiger partial charge on any atom is 0.251 e. The largest absolute Gasteiger partial charge is 0.316 e. The van der Waals surface area contributed by atoms with Crippen LogP contribution in [0.3, 0.4) is 0 Å². The molecule has 0 aromatic rings. The van der Waals surface area contributed by atoms with Crippen molar-refractivity contribution in [1.29, 1.82) is 0 Å². The molecular weight excluding hydrogens is 186 g/mol. The highest BCUT2D eigenvalue weighted by Gasteiger charge is 2.37. The summed E-state index contributed by atoms with van der Waals surface area (Å²) < 4.78 is 24.3. The van der Waals surface area contributed by atoms with Gasteiger partial charge in [0.2, 0.25) is 0 Å². The van der Waals surface area contributed by atoms with Crippen LogP contribution in [0.4, 0.5) is 8.78 Å². The van der Waals surface area contributed by atoms with Crippen LogP contribution in [-0.2, 0) is 0 Å². The average molecular weight is 204 g/mol. The fourth-order valence-corrected chi connectivity index (χ4v) is 2.63. The molecule has 1 N–H and O–H groups in total. The number of rotatable bonds is 2. The van der Waals surface area contributed by atoms with Crippen LogP contribution in [0.2, 0.25) is 0 Å². The van der Waals surface area contributed by atoms with Gasteiger partial charge in [0.1, 0.15) is 0 Å². The van der Waals surface area contributed by atoms with Gasteiger partial charge in [0, 0.05) is 6.54 Å². The third-order valence-electron chi connectivity index (χ3n) is 3.65. The van der Waals surface area contributed by atoms with Gasteiger partial charge in [-0.2, -0.15) is 0 Å². The maximum atomic E-state index is 12.1. The molecule has 14 heavy (non-hydrogen) atoms. The molecule has 0 saturated carbocycles. The molecule has 0 amide bonds. The first-order valence-electron chi connectivity index (χ1n) is 5.41. The first kappa shape index (κ1) is 10.3. The van der Waals surface area contributed by atoms with Gasteiger partial charge in [-0.05, 0) is 44.3 Å². The first-order chi connectivity index (χ1) is 6.70. The van der Waals surface area contributed by atoms with Crippen molar-refractivity contribution in [3.63, 3.8) is 0 Å². The summed E-state index contributed by atoms with van der Waals surface area (Å²) >= 11 is 0. The first-order valence-corrected chi connectivity index (χ1v) is 5.41. The molecule has 82 valence electrons. The van der Waals surface area contributed by atoms with E-state index in [4.69, 9.17) is 0 Å². The summed E-state index contributed by atoms with van der Waals surface area (Å²) in [5.41, 5.74) is 0.443. The van der Waals surface area contributed by atoms with Crippen molar-refractivity contribution in [1.82, 2.24) is 10.2 Å². The number of halogens is 2. The zero-order valence-electron chi connectivity index (χ0n) is 8.44. The van der Waals surface area contributed by atoms with E-state index in [-0.39, 0.29) is 6.54 Å². The second-order valence-electron chi connectivity index (χ2n) is 4.62. The molecule has 2 nitrogen and oxygen atoms in total. The summed E-state index contributed by atoms with van der Waals surface area (Å²) in [7, 11) is 0. The smallest absolute Gasteiger partial charge is 0.251 e. The van der Waals surface area contributed by atoms with Crippen LogP contribution in [0.5, 0.6) is 0 Å². The van der Waals surface area contributed by atoms with E-state index in [0.29, 0.717) is 5.41 Å². The minimum Gasteiger partial charge on any atom is -0.316 e. The molecule has 4 heteroatoms. The van der Waals surface area contributed by atoms with Crippen LogP contribution in [0.15, 0.2) is 0 Å². The molecule has 1 spiro atoms. The van der Waals surface area contributed by atoms with E-state index in [2.05, 4.69) is 5.32 Å². The van der Waals surface area contributed by atoms with Crippen molar-refractivity contribution in [3.8, 4) is 0 Å². The molecule has 2 saturated heterocycles. The summed E-state index contributed by atoms with van der Waals surface area (Å²) in [6.45, 7) is 3.87. The van der Waals surface area contributed by atoms with Crippen molar-refractivity contribution < 1.29 is 8.78 Å². The SMILES string of the molecule is FC(F)CN1CCC2(CCNC2)CC1. The zero-order chi connectivity index (χ0) is 10.0. The Hall–Kier alpha value is -0.220. The Balaban J connectivity index is 1.79. The number of likely N-dealkylation sites (tertiary alicyclic amines) is 1. The molecule has 0 atom stereocenters. The minimum atomic E-state index is -2.18. The molecule has 2 aliphatic rings. The normalized spacial score (nSPS) is 27.6. The van der Waals surface area contributed by atoms with Crippen molar-refractivity contribution in [3.05, 3.63) is 0 Å². The van der Waals surface area contributed by atoms with Gasteiger partial charge in [0.15, 0.2) is 0 Å². The van der Waals surface area contributed by atoms with Gasteiger partial charge < -0.3 is 5.32 Å². The van der Waals surface area contributed by atoms with E-state index in [1.807, 2.05) is 4.90 Å². The molecular formula is C10H18F2N2. The molecule has 2 fully saturated rings. The van der Waals surface area contributed by atoms with Gasteiger partial charge in [-0.3, -0.25) is 4.90 Å². The van der Waals surface area contributed by atoms with Gasteiger partial charge in [-0.25, -0.2) is 8.78 Å². The van der Waals surface area contributed by atoms with Gasteiger partial charge >= 0.3 is 0 Å². The highest BCUT2D eigenvalue weighted by molar-refractivity contribution is 4.92. The predicted octanol–water partition coefficient (Wildman–Crippen LogP) is 1.33.